The molecule has 11 heteroatoms. The van der Waals surface area contributed by atoms with Crippen LogP contribution < -0.4 is 9.64 Å². The lowest BCUT2D eigenvalue weighted by molar-refractivity contribution is -0.380. The molecule has 0 radical (unpaired) electrons. The van der Waals surface area contributed by atoms with Crippen LogP contribution in [0.15, 0.2) is 36.4 Å². The number of methoxy groups -OCH3 is 1. The maximum Gasteiger partial charge on any atom is 0.324 e. The van der Waals surface area contributed by atoms with Crippen molar-refractivity contribution in [2.75, 3.05) is 38.2 Å². The summed E-state index contributed by atoms with van der Waals surface area (Å²) >= 11 is 2.48. The molecule has 0 atom stereocenters. The fourth-order valence-electron chi connectivity index (χ4n) is 2.99. The van der Waals surface area contributed by atoms with Crippen LogP contribution in [0.3, 0.4) is 0 Å². The number of fused-ring (bicyclic) bond motifs is 1. The molecule has 0 saturated heterocycles. The predicted molar refractivity (Wildman–Crippen MR) is 134 cm³/mol. The van der Waals surface area contributed by atoms with Crippen molar-refractivity contribution in [2.24, 2.45) is 0 Å². The second-order valence-corrected chi connectivity index (χ2v) is 8.72. The van der Waals surface area contributed by atoms with Gasteiger partial charge in [-0.3, -0.25) is 19.8 Å². The van der Waals surface area contributed by atoms with Gasteiger partial charge >= 0.3 is 5.00 Å². The number of likely N-dealkylation sites (N-methyl/N-ethyl adjacent to an activating group) is 1. The largest absolute Gasteiger partial charge is 0.497 e. The van der Waals surface area contributed by atoms with Gasteiger partial charge in [-0.05, 0) is 37.4 Å². The number of nitrogens with zero attached hydrogens (tertiary/aromatic N) is 4. The van der Waals surface area contributed by atoms with Crippen molar-refractivity contribution in [1.29, 1.82) is 0 Å². The third kappa shape index (κ3) is 6.26. The van der Waals surface area contributed by atoms with Crippen LogP contribution >= 0.6 is 35.1 Å². The van der Waals surface area contributed by atoms with E-state index in [1.807, 2.05) is 18.2 Å². The van der Waals surface area contributed by atoms with Crippen molar-refractivity contribution in [3.63, 3.8) is 0 Å². The number of aromatic nitrogens is 1. The van der Waals surface area contributed by atoms with Crippen molar-refractivity contribution >= 4 is 67.4 Å². The fourth-order valence-corrected chi connectivity index (χ4v) is 4.69. The first-order valence-electron chi connectivity index (χ1n) is 9.85. The van der Waals surface area contributed by atoms with Crippen LogP contribution in [-0.2, 0) is 4.79 Å². The number of rotatable bonds is 10. The van der Waals surface area contributed by atoms with Crippen LogP contribution in [0.25, 0.3) is 16.3 Å². The number of thiazole rings is 1. The summed E-state index contributed by atoms with van der Waals surface area (Å²) in [7, 11) is 1.61. The lowest BCUT2D eigenvalue weighted by Crippen LogP contribution is -2.38. The van der Waals surface area contributed by atoms with E-state index in [0.717, 1.165) is 41.2 Å². The number of ether oxygens (including phenoxy) is 1. The molecule has 32 heavy (non-hydrogen) atoms. The molecule has 0 aliphatic carbocycles. The molecule has 1 aromatic carbocycles. The minimum Gasteiger partial charge on any atom is -0.497 e. The minimum atomic E-state index is -0.435. The number of hydrogen-bond donors (Lipinski definition) is 0. The zero-order valence-electron chi connectivity index (χ0n) is 18.0. The third-order valence-electron chi connectivity index (χ3n) is 4.80. The molecular weight excluding hydrogens is 472 g/mol. The minimum absolute atomic E-state index is 0. The quantitative estimate of drug-likeness (QED) is 0.221. The highest BCUT2D eigenvalue weighted by Crippen LogP contribution is 2.31. The Morgan fingerprint density at radius 2 is 1.94 bits per heavy atom. The van der Waals surface area contributed by atoms with Crippen molar-refractivity contribution in [3.05, 3.63) is 51.4 Å². The maximum atomic E-state index is 13.1. The molecule has 2 heterocycles. The van der Waals surface area contributed by atoms with E-state index in [2.05, 4.69) is 23.7 Å². The van der Waals surface area contributed by atoms with Crippen molar-refractivity contribution in [1.82, 2.24) is 9.88 Å². The van der Waals surface area contributed by atoms with E-state index < -0.39 is 4.92 Å². The molecule has 0 bridgehead atoms. The first kappa shape index (κ1) is 25.7. The maximum absolute atomic E-state index is 13.1. The topological polar surface area (TPSA) is 88.8 Å². The lowest BCUT2D eigenvalue weighted by atomic mass is 10.3. The van der Waals surface area contributed by atoms with Gasteiger partial charge in [0.25, 0.3) is 5.91 Å². The van der Waals surface area contributed by atoms with Gasteiger partial charge in [-0.25, -0.2) is 4.98 Å². The Bertz CT molecular complexity index is 1090. The Hall–Kier alpha value is -2.53. The fraction of sp³-hybridized carbons (Fsp3) is 0.333. The van der Waals surface area contributed by atoms with Crippen LogP contribution in [0.5, 0.6) is 5.75 Å². The molecule has 3 aromatic rings. The van der Waals surface area contributed by atoms with Gasteiger partial charge in [-0.1, -0.05) is 36.5 Å². The summed E-state index contributed by atoms with van der Waals surface area (Å²) in [6.45, 7) is 7.17. The van der Waals surface area contributed by atoms with Gasteiger partial charge in [-0.15, -0.1) is 12.4 Å². The number of benzene rings is 1. The van der Waals surface area contributed by atoms with E-state index in [1.165, 1.54) is 23.5 Å². The molecule has 1 amide bonds. The number of carbonyl (C=O) groups is 1. The van der Waals surface area contributed by atoms with Crippen molar-refractivity contribution < 1.29 is 14.5 Å². The molecule has 3 rings (SSSR count). The summed E-state index contributed by atoms with van der Waals surface area (Å²) in [6, 6.07) is 8.73. The van der Waals surface area contributed by atoms with Crippen LogP contribution in [0.1, 0.15) is 18.7 Å². The molecule has 0 unspecified atom stereocenters. The average Bonchev–Trinajstić information content (AvgIpc) is 3.41. The predicted octanol–water partition coefficient (Wildman–Crippen LogP) is 5.08. The van der Waals surface area contributed by atoms with Crippen LogP contribution in [0.4, 0.5) is 10.1 Å². The van der Waals surface area contributed by atoms with E-state index in [-0.39, 0.29) is 23.3 Å². The van der Waals surface area contributed by atoms with Gasteiger partial charge in [0.15, 0.2) is 5.13 Å². The van der Waals surface area contributed by atoms with Crippen molar-refractivity contribution in [3.8, 4) is 5.75 Å². The Balaban J connectivity index is 0.00000363. The van der Waals surface area contributed by atoms with Gasteiger partial charge in [0, 0.05) is 36.2 Å². The number of amides is 1. The van der Waals surface area contributed by atoms with E-state index >= 15 is 0 Å². The van der Waals surface area contributed by atoms with Crippen LogP contribution in [0, 0.1) is 10.1 Å². The number of nitro groups is 1. The van der Waals surface area contributed by atoms with Gasteiger partial charge in [0.2, 0.25) is 0 Å². The SMILES string of the molecule is CCN(CC)CCN(C(=O)C=Cc1ccc([N+](=O)[O-])s1)c1nc2cc(OC)ccc2s1.Cl. The van der Waals surface area contributed by atoms with E-state index in [1.54, 1.807) is 24.2 Å². The Labute approximate surface area is 200 Å². The number of hydrogen-bond acceptors (Lipinski definition) is 8. The van der Waals surface area contributed by atoms with Crippen LogP contribution in [0.2, 0.25) is 0 Å². The smallest absolute Gasteiger partial charge is 0.324 e. The highest BCUT2D eigenvalue weighted by molar-refractivity contribution is 7.22. The molecule has 0 fully saturated rings. The van der Waals surface area contributed by atoms with Gasteiger partial charge in [-0.2, -0.15) is 0 Å². The zero-order chi connectivity index (χ0) is 22.4. The number of halogens is 1. The van der Waals surface area contributed by atoms with E-state index in [9.17, 15) is 14.9 Å². The average molecular weight is 497 g/mol. The van der Waals surface area contributed by atoms with Gasteiger partial charge in [0.05, 0.1) is 22.2 Å². The van der Waals surface area contributed by atoms with Crippen molar-refractivity contribution in [2.45, 2.75) is 13.8 Å². The highest BCUT2D eigenvalue weighted by atomic mass is 35.5. The number of carbonyl (C=O) groups excluding carboxylic acids is 1. The zero-order valence-corrected chi connectivity index (χ0v) is 20.5. The summed E-state index contributed by atoms with van der Waals surface area (Å²) in [4.78, 5) is 32.7. The summed E-state index contributed by atoms with van der Waals surface area (Å²) in [5, 5.41) is 11.5. The Morgan fingerprint density at radius 1 is 1.19 bits per heavy atom. The first-order chi connectivity index (χ1) is 14.9. The van der Waals surface area contributed by atoms with Gasteiger partial charge in [0.1, 0.15) is 5.75 Å². The molecule has 0 aliphatic heterocycles. The highest BCUT2D eigenvalue weighted by Gasteiger charge is 2.19. The summed E-state index contributed by atoms with van der Waals surface area (Å²) in [6.07, 6.45) is 3.06. The standard InChI is InChI=1S/C21H24N4O4S2.ClH/c1-4-23(5-2)12-13-24(19(26)10-7-16-8-11-20(30-16)25(27)28)21-22-17-14-15(29-3)6-9-18(17)31-21;/h6-11,14H,4-5,12-13H2,1-3H3;1H. The molecule has 8 nitrogen and oxygen atoms in total. The number of thiophene rings is 1. The molecular formula is C21H25ClN4O4S2. The molecule has 0 aliphatic rings. The third-order valence-corrected chi connectivity index (χ3v) is 6.86. The molecule has 0 saturated carbocycles. The second-order valence-electron chi connectivity index (χ2n) is 6.61. The lowest BCUT2D eigenvalue weighted by Gasteiger charge is -2.23. The second kappa shape index (κ2) is 11.9. The Kier molecular flexibility index (Phi) is 9.58. The molecule has 0 N–H and O–H groups in total. The summed E-state index contributed by atoms with van der Waals surface area (Å²) < 4.78 is 6.24. The number of anilines is 1. The summed E-state index contributed by atoms with van der Waals surface area (Å²) in [5.41, 5.74) is 0.776. The van der Waals surface area contributed by atoms with E-state index in [0.29, 0.717) is 22.3 Å². The Morgan fingerprint density at radius 3 is 2.56 bits per heavy atom. The first-order valence-corrected chi connectivity index (χ1v) is 11.5. The normalized spacial score (nSPS) is 11.1. The van der Waals surface area contributed by atoms with Gasteiger partial charge < -0.3 is 9.64 Å². The molecule has 172 valence electrons. The molecule has 0 spiro atoms. The summed E-state index contributed by atoms with van der Waals surface area (Å²) in [5.74, 6) is 0.499. The molecule has 2 aromatic heterocycles. The van der Waals surface area contributed by atoms with Crippen LogP contribution in [-0.4, -0.2) is 54.0 Å². The van der Waals surface area contributed by atoms with E-state index in [4.69, 9.17) is 4.74 Å². The monoisotopic (exact) mass is 496 g/mol.